The second kappa shape index (κ2) is 12.4. The van der Waals surface area contributed by atoms with Crippen molar-refractivity contribution in [2.45, 2.75) is 27.7 Å². The van der Waals surface area contributed by atoms with Crippen LogP contribution in [-0.4, -0.2) is 26.4 Å². The molecule has 6 nitrogen and oxygen atoms in total. The van der Waals surface area contributed by atoms with Gasteiger partial charge in [0.15, 0.2) is 0 Å². The standard InChI is InChI=1S/C20H24I2O6P2S3/c1-5-25-29(23,26-6-2)17-18(30(24,27-7-3)28-8-4)20(14-10-12-16(22)32-14)33-19(17)13-9-11-15(21)31-13/h9-12H,5-8H2,1-4H3. The van der Waals surface area contributed by atoms with E-state index in [9.17, 15) is 9.13 Å². The van der Waals surface area contributed by atoms with Crippen molar-refractivity contribution in [1.82, 2.24) is 0 Å². The Bertz CT molecular complexity index is 1080. The van der Waals surface area contributed by atoms with Gasteiger partial charge in [-0.05, 0) is 97.1 Å². The molecule has 0 radical (unpaired) electrons. The van der Waals surface area contributed by atoms with E-state index in [0.717, 1.165) is 15.5 Å². The van der Waals surface area contributed by atoms with E-state index in [0.29, 0.717) is 9.75 Å². The lowest BCUT2D eigenvalue weighted by molar-refractivity contribution is 0.226. The quantitative estimate of drug-likeness (QED) is 0.137. The van der Waals surface area contributed by atoms with E-state index in [2.05, 4.69) is 45.2 Å². The fourth-order valence-electron chi connectivity index (χ4n) is 3.14. The second-order valence-corrected chi connectivity index (χ2v) is 17.2. The molecule has 3 heterocycles. The lowest BCUT2D eigenvalue weighted by Gasteiger charge is -2.23. The van der Waals surface area contributed by atoms with Crippen molar-refractivity contribution in [2.24, 2.45) is 0 Å². The third kappa shape index (κ3) is 6.23. The molecule has 3 rings (SSSR count). The third-order valence-corrected chi connectivity index (χ3v) is 14.4. The molecule has 13 heteroatoms. The summed E-state index contributed by atoms with van der Waals surface area (Å²) in [6.45, 7) is 7.75. The van der Waals surface area contributed by atoms with E-state index in [1.165, 1.54) is 11.3 Å². The molecule has 0 amide bonds. The zero-order valence-corrected chi connectivity index (χ0v) is 27.0. The van der Waals surface area contributed by atoms with Crippen LogP contribution in [0.1, 0.15) is 27.7 Å². The first-order valence-corrected chi connectivity index (χ1v) is 17.9. The van der Waals surface area contributed by atoms with Crippen LogP contribution in [0.5, 0.6) is 0 Å². The molecule has 3 aromatic rings. The SMILES string of the molecule is CCOP(=O)(OCC)c1c(-c2ccc(I)s2)sc(-c2ccc(I)s2)c1P(=O)(OCC)OCC. The first-order valence-electron chi connectivity index (χ1n) is 10.2. The highest BCUT2D eigenvalue weighted by Gasteiger charge is 2.45. The van der Waals surface area contributed by atoms with E-state index < -0.39 is 15.2 Å². The average Bonchev–Trinajstić information content (AvgIpc) is 3.46. The Kier molecular flexibility index (Phi) is 10.7. The summed E-state index contributed by atoms with van der Waals surface area (Å²) < 4.78 is 53.8. The number of hydrogen-bond donors (Lipinski definition) is 0. The molecule has 0 saturated heterocycles. The van der Waals surface area contributed by atoms with Crippen LogP contribution in [0.15, 0.2) is 24.3 Å². The highest BCUT2D eigenvalue weighted by molar-refractivity contribution is 14.1. The molecule has 0 spiro atoms. The maximum absolute atomic E-state index is 14.3. The van der Waals surface area contributed by atoms with Gasteiger partial charge in [0.1, 0.15) is 0 Å². The molecule has 3 aromatic heterocycles. The van der Waals surface area contributed by atoms with Crippen molar-refractivity contribution in [3.8, 4) is 19.5 Å². The number of hydrogen-bond acceptors (Lipinski definition) is 9. The van der Waals surface area contributed by atoms with Crippen molar-refractivity contribution in [1.29, 1.82) is 0 Å². The van der Waals surface area contributed by atoms with Gasteiger partial charge in [0.25, 0.3) is 0 Å². The fraction of sp³-hybridized carbons (Fsp3) is 0.400. The lowest BCUT2D eigenvalue weighted by atomic mass is 10.3. The van der Waals surface area contributed by atoms with Crippen LogP contribution in [0, 0.1) is 5.77 Å². The minimum absolute atomic E-state index is 0.174. The maximum Gasteiger partial charge on any atom is 0.363 e. The molecule has 0 aromatic carbocycles. The van der Waals surface area contributed by atoms with Crippen molar-refractivity contribution >= 4 is 105 Å². The van der Waals surface area contributed by atoms with Crippen LogP contribution >= 0.6 is 94.4 Å². The summed E-state index contributed by atoms with van der Waals surface area (Å²) in [5, 5.41) is 0.580. The highest BCUT2D eigenvalue weighted by atomic mass is 127. The minimum atomic E-state index is -3.85. The van der Waals surface area contributed by atoms with Gasteiger partial charge >= 0.3 is 15.2 Å². The average molecular weight is 772 g/mol. The van der Waals surface area contributed by atoms with Gasteiger partial charge < -0.3 is 18.1 Å². The van der Waals surface area contributed by atoms with E-state index in [-0.39, 0.29) is 37.0 Å². The van der Waals surface area contributed by atoms with E-state index in [1.807, 2.05) is 24.3 Å². The molecule has 0 N–H and O–H groups in total. The smallest absolute Gasteiger partial charge is 0.305 e. The van der Waals surface area contributed by atoms with E-state index in [1.54, 1.807) is 50.4 Å². The molecule has 0 fully saturated rings. The van der Waals surface area contributed by atoms with Crippen LogP contribution in [-0.2, 0) is 27.2 Å². The Labute approximate surface area is 233 Å². The van der Waals surface area contributed by atoms with E-state index >= 15 is 0 Å². The van der Waals surface area contributed by atoms with Gasteiger partial charge in [0.2, 0.25) is 0 Å². The molecule has 0 atom stereocenters. The first-order chi connectivity index (χ1) is 15.7. The summed E-state index contributed by atoms with van der Waals surface area (Å²) in [5.41, 5.74) is 0. The summed E-state index contributed by atoms with van der Waals surface area (Å²) in [7, 11) is -7.71. The van der Waals surface area contributed by atoms with Crippen molar-refractivity contribution in [2.75, 3.05) is 26.4 Å². The maximum atomic E-state index is 14.3. The Hall–Kier alpha value is 0.860. The van der Waals surface area contributed by atoms with Gasteiger partial charge in [-0.3, -0.25) is 9.13 Å². The van der Waals surface area contributed by atoms with Gasteiger partial charge in [-0.1, -0.05) is 0 Å². The molecule has 0 aliphatic rings. The summed E-state index contributed by atoms with van der Waals surface area (Å²) >= 11 is 9.06. The van der Waals surface area contributed by atoms with Crippen LogP contribution in [0.4, 0.5) is 0 Å². The summed E-state index contributed by atoms with van der Waals surface area (Å²) in [4.78, 5) is 3.22. The van der Waals surface area contributed by atoms with Crippen LogP contribution in [0.25, 0.3) is 19.5 Å². The molecular formula is C20H24I2O6P2S3. The molecule has 0 saturated carbocycles. The van der Waals surface area contributed by atoms with Gasteiger partial charge in [-0.2, -0.15) is 0 Å². The van der Waals surface area contributed by atoms with Gasteiger partial charge in [-0.25, -0.2) is 0 Å². The van der Waals surface area contributed by atoms with Crippen LogP contribution in [0.2, 0.25) is 0 Å². The topological polar surface area (TPSA) is 71.1 Å². The molecule has 0 aliphatic heterocycles. The van der Waals surface area contributed by atoms with Crippen LogP contribution in [0.3, 0.4) is 0 Å². The molecule has 0 aliphatic carbocycles. The number of rotatable bonds is 12. The monoisotopic (exact) mass is 772 g/mol. The molecule has 0 bridgehead atoms. The van der Waals surface area contributed by atoms with Crippen molar-refractivity contribution in [3.05, 3.63) is 30.0 Å². The normalized spacial score (nSPS) is 12.5. The van der Waals surface area contributed by atoms with E-state index in [4.69, 9.17) is 18.1 Å². The largest absolute Gasteiger partial charge is 0.363 e. The molecule has 0 unspecified atom stereocenters. The lowest BCUT2D eigenvalue weighted by Crippen LogP contribution is -2.28. The number of thiophene rings is 3. The summed E-state index contributed by atoms with van der Waals surface area (Å²) in [6.07, 6.45) is 0. The summed E-state index contributed by atoms with van der Waals surface area (Å²) in [6, 6.07) is 7.94. The summed E-state index contributed by atoms with van der Waals surface area (Å²) in [5.74, 6) is 0. The predicted octanol–water partition coefficient (Wildman–Crippen LogP) is 8.20. The number of halogens is 2. The Morgan fingerprint density at radius 1 is 0.636 bits per heavy atom. The highest BCUT2D eigenvalue weighted by Crippen LogP contribution is 2.59. The van der Waals surface area contributed by atoms with Crippen molar-refractivity contribution < 1.29 is 27.2 Å². The minimum Gasteiger partial charge on any atom is -0.305 e. The van der Waals surface area contributed by atoms with Crippen molar-refractivity contribution in [3.63, 3.8) is 0 Å². The second-order valence-electron chi connectivity index (χ2n) is 6.33. The van der Waals surface area contributed by atoms with Gasteiger partial charge in [0, 0.05) is 9.75 Å². The molecule has 182 valence electrons. The first kappa shape index (κ1) is 28.4. The molecule has 33 heavy (non-hydrogen) atoms. The zero-order valence-electron chi connectivity index (χ0n) is 18.5. The third-order valence-electron chi connectivity index (χ3n) is 4.20. The zero-order chi connectivity index (χ0) is 24.2. The Balaban J connectivity index is 2.48. The Morgan fingerprint density at radius 2 is 0.970 bits per heavy atom. The van der Waals surface area contributed by atoms with Gasteiger partial charge in [0.05, 0.1) is 52.6 Å². The fourth-order valence-corrected chi connectivity index (χ4v) is 13.2. The van der Waals surface area contributed by atoms with Crippen LogP contribution < -0.4 is 10.6 Å². The van der Waals surface area contributed by atoms with Gasteiger partial charge in [-0.15, -0.1) is 34.0 Å². The Morgan fingerprint density at radius 3 is 1.21 bits per heavy atom. The predicted molar refractivity (Wildman–Crippen MR) is 157 cm³/mol. The molecular weight excluding hydrogens is 748 g/mol.